The Morgan fingerprint density at radius 2 is 1.41 bits per heavy atom. The Kier molecular flexibility index (Phi) is 6.47. The number of nitrogens with zero attached hydrogens (tertiary/aromatic N) is 1. The van der Waals surface area contributed by atoms with E-state index in [0.29, 0.717) is 22.8 Å². The van der Waals surface area contributed by atoms with Gasteiger partial charge in [-0.2, -0.15) is 5.10 Å². The maximum Gasteiger partial charge on any atom is 0.271 e. The van der Waals surface area contributed by atoms with Gasteiger partial charge < -0.3 is 14.2 Å². The fourth-order valence-corrected chi connectivity index (χ4v) is 2.83. The summed E-state index contributed by atoms with van der Waals surface area (Å²) in [7, 11) is 4.50. The Balaban J connectivity index is 1.69. The minimum atomic E-state index is -0.388. The van der Waals surface area contributed by atoms with Crippen LogP contribution in [0.1, 0.15) is 15.9 Å². The van der Waals surface area contributed by atoms with Crippen molar-refractivity contribution in [1.29, 1.82) is 0 Å². The Labute approximate surface area is 169 Å². The average molecular weight is 390 g/mol. The Morgan fingerprint density at radius 1 is 0.828 bits per heavy atom. The monoisotopic (exact) mass is 390 g/mol. The van der Waals surface area contributed by atoms with E-state index in [0.717, 1.165) is 16.7 Å². The highest BCUT2D eigenvalue weighted by atomic mass is 16.5. The van der Waals surface area contributed by atoms with Gasteiger partial charge in [-0.3, -0.25) is 4.79 Å². The van der Waals surface area contributed by atoms with Crippen LogP contribution in [0.25, 0.3) is 11.1 Å². The third kappa shape index (κ3) is 4.73. The molecule has 3 aromatic rings. The summed E-state index contributed by atoms with van der Waals surface area (Å²) in [6.07, 6.45) is 1.59. The summed E-state index contributed by atoms with van der Waals surface area (Å²) < 4.78 is 15.8. The van der Waals surface area contributed by atoms with Gasteiger partial charge in [0.1, 0.15) is 0 Å². The van der Waals surface area contributed by atoms with Crippen LogP contribution < -0.4 is 19.6 Å². The van der Waals surface area contributed by atoms with Crippen LogP contribution in [0.3, 0.4) is 0 Å². The average Bonchev–Trinajstić information content (AvgIpc) is 2.78. The van der Waals surface area contributed by atoms with E-state index in [1.54, 1.807) is 18.3 Å². The molecule has 6 heteroatoms. The normalized spacial score (nSPS) is 10.6. The van der Waals surface area contributed by atoms with Crippen LogP contribution in [-0.4, -0.2) is 33.5 Å². The van der Waals surface area contributed by atoms with Crippen LogP contribution in [-0.2, 0) is 0 Å². The van der Waals surface area contributed by atoms with Gasteiger partial charge in [0.15, 0.2) is 11.5 Å². The summed E-state index contributed by atoms with van der Waals surface area (Å²) in [5.41, 5.74) is 5.99. The summed E-state index contributed by atoms with van der Waals surface area (Å²) in [5, 5.41) is 4.04. The fourth-order valence-electron chi connectivity index (χ4n) is 2.83. The molecular weight excluding hydrogens is 368 g/mol. The summed E-state index contributed by atoms with van der Waals surface area (Å²) in [4.78, 5) is 12.4. The lowest BCUT2D eigenvalue weighted by Gasteiger charge is -2.13. The number of carbonyl (C=O) groups excluding carboxylic acids is 1. The van der Waals surface area contributed by atoms with Crippen molar-refractivity contribution in [3.63, 3.8) is 0 Å². The molecule has 0 saturated carbocycles. The molecule has 3 rings (SSSR count). The molecule has 0 unspecified atom stereocenters. The number of methoxy groups -OCH3 is 3. The molecule has 0 radical (unpaired) electrons. The van der Waals surface area contributed by atoms with Crippen molar-refractivity contribution in [2.45, 2.75) is 0 Å². The van der Waals surface area contributed by atoms with Crippen LogP contribution in [0.4, 0.5) is 0 Å². The molecule has 0 atom stereocenters. The van der Waals surface area contributed by atoms with E-state index >= 15 is 0 Å². The first-order valence-corrected chi connectivity index (χ1v) is 8.95. The fraction of sp³-hybridized carbons (Fsp3) is 0.130. The lowest BCUT2D eigenvalue weighted by molar-refractivity contribution is 0.0954. The molecule has 0 bridgehead atoms. The zero-order valence-electron chi connectivity index (χ0n) is 16.5. The number of carbonyl (C=O) groups is 1. The molecule has 6 nitrogen and oxygen atoms in total. The summed E-state index contributed by atoms with van der Waals surface area (Å²) in [6.45, 7) is 0. The third-order valence-electron chi connectivity index (χ3n) is 4.32. The third-order valence-corrected chi connectivity index (χ3v) is 4.32. The van der Waals surface area contributed by atoms with Crippen molar-refractivity contribution in [3.8, 4) is 28.4 Å². The number of amides is 1. The van der Waals surface area contributed by atoms with Crippen molar-refractivity contribution >= 4 is 12.1 Å². The smallest absolute Gasteiger partial charge is 0.271 e. The Morgan fingerprint density at radius 3 is 1.97 bits per heavy atom. The van der Waals surface area contributed by atoms with Gasteiger partial charge >= 0.3 is 0 Å². The first kappa shape index (κ1) is 19.9. The number of hydrogen-bond acceptors (Lipinski definition) is 5. The number of rotatable bonds is 7. The summed E-state index contributed by atoms with van der Waals surface area (Å²) >= 11 is 0. The van der Waals surface area contributed by atoms with E-state index in [1.807, 2.05) is 42.5 Å². The maximum absolute atomic E-state index is 12.4. The van der Waals surface area contributed by atoms with E-state index in [-0.39, 0.29) is 5.91 Å². The second-order valence-electron chi connectivity index (χ2n) is 6.10. The van der Waals surface area contributed by atoms with Crippen LogP contribution in [0.2, 0.25) is 0 Å². The molecule has 148 valence electrons. The van der Waals surface area contributed by atoms with Gasteiger partial charge in [-0.1, -0.05) is 54.6 Å². The standard InChI is InChI=1S/C23H22N2O4/c1-27-20-13-19(14-21(28-2)22(20)29-3)23(26)25-24-15-16-9-11-18(12-10-16)17-7-5-4-6-8-17/h4-15H,1-3H3,(H,25,26)/b24-15-. The molecule has 0 aromatic heterocycles. The number of hydrogen-bond donors (Lipinski definition) is 1. The van der Waals surface area contributed by atoms with Crippen LogP contribution in [0.5, 0.6) is 17.2 Å². The molecule has 0 aliphatic rings. The number of nitrogens with one attached hydrogen (secondary N) is 1. The first-order chi connectivity index (χ1) is 14.2. The minimum absolute atomic E-state index is 0.344. The zero-order chi connectivity index (χ0) is 20.6. The van der Waals surface area contributed by atoms with E-state index in [4.69, 9.17) is 14.2 Å². The van der Waals surface area contributed by atoms with Gasteiger partial charge in [0.05, 0.1) is 27.5 Å². The largest absolute Gasteiger partial charge is 0.493 e. The van der Waals surface area contributed by atoms with Gasteiger partial charge in [0.25, 0.3) is 5.91 Å². The molecule has 0 heterocycles. The van der Waals surface area contributed by atoms with Crippen LogP contribution in [0, 0.1) is 0 Å². The van der Waals surface area contributed by atoms with Gasteiger partial charge in [-0.05, 0) is 28.8 Å². The number of benzene rings is 3. The highest BCUT2D eigenvalue weighted by Crippen LogP contribution is 2.38. The molecule has 3 aromatic carbocycles. The first-order valence-electron chi connectivity index (χ1n) is 8.95. The SMILES string of the molecule is COc1cc(C(=O)N/N=C\c2ccc(-c3ccccc3)cc2)cc(OC)c1OC. The molecule has 1 N–H and O–H groups in total. The topological polar surface area (TPSA) is 69.2 Å². The van der Waals surface area contributed by atoms with Crippen molar-refractivity contribution < 1.29 is 19.0 Å². The van der Waals surface area contributed by atoms with E-state index in [1.165, 1.54) is 21.3 Å². The quantitative estimate of drug-likeness (QED) is 0.486. The molecular formula is C23H22N2O4. The molecule has 1 amide bonds. The van der Waals surface area contributed by atoms with E-state index in [2.05, 4.69) is 22.7 Å². The van der Waals surface area contributed by atoms with Crippen molar-refractivity contribution in [3.05, 3.63) is 77.9 Å². The molecule has 29 heavy (non-hydrogen) atoms. The van der Waals surface area contributed by atoms with Crippen LogP contribution in [0.15, 0.2) is 71.8 Å². The maximum atomic E-state index is 12.4. The Bertz CT molecular complexity index is 974. The highest BCUT2D eigenvalue weighted by Gasteiger charge is 2.16. The van der Waals surface area contributed by atoms with Gasteiger partial charge in [-0.15, -0.1) is 0 Å². The molecule has 0 aliphatic heterocycles. The second kappa shape index (κ2) is 9.41. The molecule has 0 fully saturated rings. The number of ether oxygens (including phenoxy) is 3. The lowest BCUT2D eigenvalue weighted by Crippen LogP contribution is -2.18. The van der Waals surface area contributed by atoms with Crippen molar-refractivity contribution in [1.82, 2.24) is 5.43 Å². The van der Waals surface area contributed by atoms with Crippen molar-refractivity contribution in [2.24, 2.45) is 5.10 Å². The predicted molar refractivity (Wildman–Crippen MR) is 113 cm³/mol. The van der Waals surface area contributed by atoms with Crippen LogP contribution >= 0.6 is 0 Å². The minimum Gasteiger partial charge on any atom is -0.493 e. The zero-order valence-corrected chi connectivity index (χ0v) is 16.5. The number of hydrazone groups is 1. The highest BCUT2D eigenvalue weighted by molar-refractivity contribution is 5.96. The predicted octanol–water partition coefficient (Wildman–Crippen LogP) is 4.14. The van der Waals surface area contributed by atoms with E-state index < -0.39 is 0 Å². The molecule has 0 saturated heterocycles. The van der Waals surface area contributed by atoms with Crippen molar-refractivity contribution in [2.75, 3.05) is 21.3 Å². The second-order valence-corrected chi connectivity index (χ2v) is 6.10. The lowest BCUT2D eigenvalue weighted by atomic mass is 10.0. The molecule has 0 spiro atoms. The Hall–Kier alpha value is -3.80. The van der Waals surface area contributed by atoms with E-state index in [9.17, 15) is 4.79 Å². The van der Waals surface area contributed by atoms with Gasteiger partial charge in [0.2, 0.25) is 5.75 Å². The summed E-state index contributed by atoms with van der Waals surface area (Å²) in [5.74, 6) is 0.838. The summed E-state index contributed by atoms with van der Waals surface area (Å²) in [6, 6.07) is 21.2. The van der Waals surface area contributed by atoms with Gasteiger partial charge in [-0.25, -0.2) is 5.43 Å². The van der Waals surface area contributed by atoms with Gasteiger partial charge in [0, 0.05) is 5.56 Å². The molecule has 0 aliphatic carbocycles.